The van der Waals surface area contributed by atoms with Crippen LogP contribution in [0.1, 0.15) is 32.1 Å². The number of halogens is 1. The number of benzene rings is 1. The molecule has 0 aliphatic heterocycles. The molecule has 0 heterocycles. The normalized spacial score (nSPS) is 18.4. The van der Waals surface area contributed by atoms with Crippen molar-refractivity contribution < 1.29 is 8.42 Å². The van der Waals surface area contributed by atoms with Crippen LogP contribution in [-0.2, 0) is 9.84 Å². The van der Waals surface area contributed by atoms with Gasteiger partial charge in [0.1, 0.15) is 5.84 Å². The zero-order chi connectivity index (χ0) is 16.2. The molecule has 22 heavy (non-hydrogen) atoms. The van der Waals surface area contributed by atoms with Gasteiger partial charge in [0, 0.05) is 6.20 Å². The van der Waals surface area contributed by atoms with E-state index in [4.69, 9.17) is 23.1 Å². The second-order valence-electron chi connectivity index (χ2n) is 5.28. The number of aliphatic imine (C=N–C) groups is 1. The van der Waals surface area contributed by atoms with E-state index < -0.39 is 9.84 Å². The van der Waals surface area contributed by atoms with Crippen molar-refractivity contribution in [2.45, 2.75) is 42.2 Å². The summed E-state index contributed by atoms with van der Waals surface area (Å²) in [4.78, 5) is 4.33. The largest absolute Gasteiger partial charge is 0.403 e. The average molecular weight is 342 g/mol. The topological polar surface area (TPSA) is 98.5 Å². The Morgan fingerprint density at radius 3 is 2.50 bits per heavy atom. The summed E-state index contributed by atoms with van der Waals surface area (Å²) in [5.41, 5.74) is 11.3. The summed E-state index contributed by atoms with van der Waals surface area (Å²) >= 11 is 5.81. The van der Waals surface area contributed by atoms with Crippen molar-refractivity contribution in [2.75, 3.05) is 0 Å². The minimum absolute atomic E-state index is 0.00420. The van der Waals surface area contributed by atoms with Crippen LogP contribution in [0.5, 0.6) is 0 Å². The molecule has 0 atom stereocenters. The van der Waals surface area contributed by atoms with E-state index in [1.165, 1.54) is 0 Å². The quantitative estimate of drug-likeness (QED) is 0.649. The maximum absolute atomic E-state index is 12.8. The molecule has 5 nitrogen and oxygen atoms in total. The number of nitrogens with zero attached hydrogens (tertiary/aromatic N) is 1. The van der Waals surface area contributed by atoms with E-state index in [9.17, 15) is 8.42 Å². The van der Waals surface area contributed by atoms with Crippen molar-refractivity contribution in [2.24, 2.45) is 16.5 Å². The van der Waals surface area contributed by atoms with Crippen LogP contribution in [0.2, 0.25) is 0 Å². The smallest absolute Gasteiger partial charge is 0.183 e. The lowest BCUT2D eigenvalue weighted by Crippen LogP contribution is -2.24. The van der Waals surface area contributed by atoms with Crippen LogP contribution in [0.15, 0.2) is 45.4 Å². The Morgan fingerprint density at radius 2 is 1.86 bits per heavy atom. The van der Waals surface area contributed by atoms with Crippen LogP contribution in [0.25, 0.3) is 0 Å². The fraction of sp³-hybridized carbons (Fsp3) is 0.400. The number of para-hydroxylation sites is 1. The fourth-order valence-corrected chi connectivity index (χ4v) is 4.64. The summed E-state index contributed by atoms with van der Waals surface area (Å²) in [7, 11) is -3.43. The van der Waals surface area contributed by atoms with Crippen molar-refractivity contribution >= 4 is 33.0 Å². The highest BCUT2D eigenvalue weighted by molar-refractivity contribution is 7.92. The third kappa shape index (κ3) is 3.62. The van der Waals surface area contributed by atoms with E-state index in [0.29, 0.717) is 18.5 Å². The molecule has 1 saturated carbocycles. The van der Waals surface area contributed by atoms with Crippen molar-refractivity contribution in [3.8, 4) is 0 Å². The molecular formula is C15H20ClN3O2S. The third-order valence-corrected chi connectivity index (χ3v) is 6.42. The van der Waals surface area contributed by atoms with Gasteiger partial charge in [-0.1, -0.05) is 43.0 Å². The van der Waals surface area contributed by atoms with Gasteiger partial charge in [-0.25, -0.2) is 13.4 Å². The molecule has 0 unspecified atom stereocenters. The lowest BCUT2D eigenvalue weighted by atomic mass is 10.0. The summed E-state index contributed by atoms with van der Waals surface area (Å²) in [6.07, 6.45) is 5.49. The number of hydrogen-bond donors (Lipinski definition) is 2. The first kappa shape index (κ1) is 16.8. The van der Waals surface area contributed by atoms with Crippen molar-refractivity contribution in [3.05, 3.63) is 35.5 Å². The highest BCUT2D eigenvalue weighted by atomic mass is 35.5. The van der Waals surface area contributed by atoms with Gasteiger partial charge in [-0.15, -0.1) is 0 Å². The Labute approximate surface area is 136 Å². The minimum atomic E-state index is -3.43. The summed E-state index contributed by atoms with van der Waals surface area (Å²) in [6.45, 7) is 0. The van der Waals surface area contributed by atoms with Crippen molar-refractivity contribution in [1.82, 2.24) is 0 Å². The van der Waals surface area contributed by atoms with Crippen LogP contribution >= 0.6 is 11.6 Å². The standard InChI is InChI=1S/C15H20ClN3O2S/c16-12(10-17)15(18)19-13-8-4-5-9-14(13)22(20,21)11-6-2-1-3-7-11/h4-5,8-11H,1-3,6-7,17H2,(H2,18,19). The van der Waals surface area contributed by atoms with Gasteiger partial charge in [0.25, 0.3) is 0 Å². The first-order chi connectivity index (χ1) is 10.5. The second-order valence-corrected chi connectivity index (χ2v) is 7.89. The van der Waals surface area contributed by atoms with Gasteiger partial charge in [-0.05, 0) is 25.0 Å². The first-order valence-corrected chi connectivity index (χ1v) is 9.14. The third-order valence-electron chi connectivity index (χ3n) is 3.79. The van der Waals surface area contributed by atoms with Crippen LogP contribution in [0.4, 0.5) is 5.69 Å². The Kier molecular flexibility index (Phi) is 5.47. The average Bonchev–Trinajstić information content (AvgIpc) is 2.55. The van der Waals surface area contributed by atoms with Crippen LogP contribution < -0.4 is 11.5 Å². The Morgan fingerprint density at radius 1 is 1.23 bits per heavy atom. The molecule has 1 aliphatic carbocycles. The zero-order valence-corrected chi connectivity index (χ0v) is 13.8. The Balaban J connectivity index is 2.44. The van der Waals surface area contributed by atoms with Crippen molar-refractivity contribution in [1.29, 1.82) is 0 Å². The van der Waals surface area contributed by atoms with Gasteiger partial charge in [0.15, 0.2) is 9.84 Å². The number of hydrogen-bond acceptors (Lipinski definition) is 4. The Hall–Kier alpha value is -1.53. The maximum Gasteiger partial charge on any atom is 0.183 e. The Bertz CT molecular complexity index is 692. The molecule has 2 rings (SSSR count). The predicted molar refractivity (Wildman–Crippen MR) is 89.9 cm³/mol. The lowest BCUT2D eigenvalue weighted by Gasteiger charge is -2.22. The van der Waals surface area contributed by atoms with E-state index in [-0.39, 0.29) is 21.0 Å². The molecule has 1 aromatic rings. The van der Waals surface area contributed by atoms with Crippen LogP contribution in [-0.4, -0.2) is 19.5 Å². The maximum atomic E-state index is 12.8. The number of nitrogens with two attached hydrogens (primary N) is 2. The molecule has 1 aliphatic rings. The molecule has 0 bridgehead atoms. The first-order valence-electron chi connectivity index (χ1n) is 7.21. The number of rotatable bonds is 4. The summed E-state index contributed by atoms with van der Waals surface area (Å²) in [6, 6.07) is 6.58. The van der Waals surface area contributed by atoms with Gasteiger partial charge >= 0.3 is 0 Å². The zero-order valence-electron chi connectivity index (χ0n) is 12.2. The number of sulfone groups is 1. The monoisotopic (exact) mass is 341 g/mol. The summed E-state index contributed by atoms with van der Waals surface area (Å²) in [5, 5.41) is -0.260. The molecular weight excluding hydrogens is 322 g/mol. The second kappa shape index (κ2) is 7.15. The van der Waals surface area contributed by atoms with Gasteiger partial charge in [-0.2, -0.15) is 0 Å². The van der Waals surface area contributed by atoms with E-state index in [1.54, 1.807) is 24.3 Å². The van der Waals surface area contributed by atoms with E-state index in [2.05, 4.69) is 4.99 Å². The number of amidine groups is 1. The summed E-state index contributed by atoms with van der Waals surface area (Å²) in [5.74, 6) is -0.00420. The molecule has 0 radical (unpaired) electrons. The fourth-order valence-electron chi connectivity index (χ4n) is 2.61. The van der Waals surface area contributed by atoms with Gasteiger partial charge in [0.05, 0.1) is 20.9 Å². The SMILES string of the molecule is NC=C(Cl)C(N)=Nc1ccccc1S(=O)(=O)C1CCCCC1. The van der Waals surface area contributed by atoms with E-state index in [0.717, 1.165) is 25.5 Å². The molecule has 0 amide bonds. The van der Waals surface area contributed by atoms with Gasteiger partial charge < -0.3 is 11.5 Å². The van der Waals surface area contributed by atoms with E-state index >= 15 is 0 Å². The van der Waals surface area contributed by atoms with Gasteiger partial charge in [0.2, 0.25) is 0 Å². The molecule has 4 N–H and O–H groups in total. The molecule has 0 aromatic heterocycles. The van der Waals surface area contributed by atoms with Crippen LogP contribution in [0, 0.1) is 0 Å². The van der Waals surface area contributed by atoms with Gasteiger partial charge in [-0.3, -0.25) is 0 Å². The molecule has 120 valence electrons. The van der Waals surface area contributed by atoms with Crippen molar-refractivity contribution in [3.63, 3.8) is 0 Å². The molecule has 0 spiro atoms. The summed E-state index contributed by atoms with van der Waals surface area (Å²) < 4.78 is 25.7. The minimum Gasteiger partial charge on any atom is -0.403 e. The molecule has 1 fully saturated rings. The van der Waals surface area contributed by atoms with Crippen LogP contribution in [0.3, 0.4) is 0 Å². The molecule has 0 saturated heterocycles. The highest BCUT2D eigenvalue weighted by Crippen LogP contribution is 2.33. The highest BCUT2D eigenvalue weighted by Gasteiger charge is 2.30. The molecule has 1 aromatic carbocycles. The molecule has 7 heteroatoms. The lowest BCUT2D eigenvalue weighted by molar-refractivity contribution is 0.484. The predicted octanol–water partition coefficient (Wildman–Crippen LogP) is 2.82. The van der Waals surface area contributed by atoms with E-state index in [1.807, 2.05) is 0 Å².